The van der Waals surface area contributed by atoms with Crippen LogP contribution in [0.1, 0.15) is 15.9 Å². The molecule has 0 fully saturated rings. The fourth-order valence-electron chi connectivity index (χ4n) is 2.46. The minimum Gasteiger partial charge on any atom is -0.325 e. The molecule has 136 valence electrons. The number of para-hydroxylation sites is 1. The van der Waals surface area contributed by atoms with Gasteiger partial charge in [-0.2, -0.15) is 0 Å². The summed E-state index contributed by atoms with van der Waals surface area (Å²) in [5, 5.41) is 5.68. The Balaban J connectivity index is 1.47. The second-order valence-corrected chi connectivity index (χ2v) is 6.91. The molecular weight excluding hydrogens is 356 g/mol. The molecule has 0 radical (unpaired) electrons. The molecule has 2 N–H and O–H groups in total. The Morgan fingerprint density at radius 2 is 1.30 bits per heavy atom. The van der Waals surface area contributed by atoms with Crippen LogP contribution >= 0.6 is 11.8 Å². The van der Waals surface area contributed by atoms with Crippen molar-refractivity contribution in [2.45, 2.75) is 5.75 Å². The highest BCUT2D eigenvalue weighted by Crippen LogP contribution is 2.15. The minimum absolute atomic E-state index is 0.0579. The molecule has 0 saturated heterocycles. The van der Waals surface area contributed by atoms with E-state index in [9.17, 15) is 9.59 Å². The Morgan fingerprint density at radius 3 is 1.96 bits per heavy atom. The molecule has 5 heteroatoms. The number of anilines is 2. The highest BCUT2D eigenvalue weighted by molar-refractivity contribution is 7.99. The van der Waals surface area contributed by atoms with E-state index in [1.54, 1.807) is 36.0 Å². The lowest BCUT2D eigenvalue weighted by molar-refractivity contribution is -0.113. The Kier molecular flexibility index (Phi) is 6.66. The van der Waals surface area contributed by atoms with Gasteiger partial charge < -0.3 is 10.6 Å². The van der Waals surface area contributed by atoms with E-state index in [4.69, 9.17) is 0 Å². The largest absolute Gasteiger partial charge is 0.325 e. The lowest BCUT2D eigenvalue weighted by Crippen LogP contribution is -2.15. The molecule has 0 atom stereocenters. The summed E-state index contributed by atoms with van der Waals surface area (Å²) in [6.45, 7) is 0. The maximum Gasteiger partial charge on any atom is 0.255 e. The molecule has 0 aliphatic heterocycles. The third kappa shape index (κ3) is 6.01. The summed E-state index contributed by atoms with van der Waals surface area (Å²) in [7, 11) is 0. The first-order chi connectivity index (χ1) is 13.2. The van der Waals surface area contributed by atoms with Gasteiger partial charge in [-0.1, -0.05) is 48.5 Å². The van der Waals surface area contributed by atoms with Gasteiger partial charge >= 0.3 is 0 Å². The van der Waals surface area contributed by atoms with Gasteiger partial charge in [0.2, 0.25) is 5.91 Å². The first kappa shape index (κ1) is 18.7. The van der Waals surface area contributed by atoms with Gasteiger partial charge in [-0.15, -0.1) is 11.8 Å². The quantitative estimate of drug-likeness (QED) is 0.622. The van der Waals surface area contributed by atoms with Crippen LogP contribution in [0, 0.1) is 0 Å². The van der Waals surface area contributed by atoms with E-state index in [0.717, 1.165) is 11.4 Å². The molecule has 0 heterocycles. The first-order valence-corrected chi connectivity index (χ1v) is 9.74. The Hall–Kier alpha value is -3.05. The van der Waals surface area contributed by atoms with Crippen LogP contribution < -0.4 is 10.6 Å². The molecule has 0 aliphatic rings. The van der Waals surface area contributed by atoms with Crippen molar-refractivity contribution in [3.63, 3.8) is 0 Å². The van der Waals surface area contributed by atoms with Crippen LogP contribution in [0.5, 0.6) is 0 Å². The molecule has 0 bridgehead atoms. The summed E-state index contributed by atoms with van der Waals surface area (Å²) in [5.41, 5.74) is 3.16. The average Bonchev–Trinajstić information content (AvgIpc) is 2.70. The lowest BCUT2D eigenvalue weighted by atomic mass is 10.2. The van der Waals surface area contributed by atoms with Gasteiger partial charge in [0, 0.05) is 22.7 Å². The van der Waals surface area contributed by atoms with Crippen LogP contribution in [0.25, 0.3) is 0 Å². The van der Waals surface area contributed by atoms with Crippen LogP contribution in [0.4, 0.5) is 11.4 Å². The average molecular weight is 376 g/mol. The molecular formula is C22H20N2O2S. The van der Waals surface area contributed by atoms with Crippen molar-refractivity contribution < 1.29 is 9.59 Å². The molecule has 0 saturated carbocycles. The van der Waals surface area contributed by atoms with Crippen LogP contribution in [0.2, 0.25) is 0 Å². The van der Waals surface area contributed by atoms with Crippen molar-refractivity contribution in [1.29, 1.82) is 0 Å². The van der Waals surface area contributed by atoms with Crippen molar-refractivity contribution in [3.8, 4) is 0 Å². The molecule has 0 unspecified atom stereocenters. The highest BCUT2D eigenvalue weighted by atomic mass is 32.2. The Labute approximate surface area is 163 Å². The maximum absolute atomic E-state index is 12.2. The normalized spacial score (nSPS) is 10.2. The molecule has 0 aliphatic carbocycles. The minimum atomic E-state index is -0.183. The van der Waals surface area contributed by atoms with Crippen LogP contribution in [-0.4, -0.2) is 17.6 Å². The number of rotatable bonds is 7. The molecule has 0 spiro atoms. The van der Waals surface area contributed by atoms with Crippen molar-refractivity contribution in [3.05, 3.63) is 96.1 Å². The van der Waals surface area contributed by atoms with E-state index in [0.29, 0.717) is 17.0 Å². The van der Waals surface area contributed by atoms with Gasteiger partial charge in [0.1, 0.15) is 0 Å². The Bertz CT molecular complexity index is 881. The number of nitrogens with one attached hydrogen (secondary N) is 2. The van der Waals surface area contributed by atoms with E-state index in [-0.39, 0.29) is 11.8 Å². The van der Waals surface area contributed by atoms with E-state index in [2.05, 4.69) is 10.6 Å². The van der Waals surface area contributed by atoms with E-state index >= 15 is 0 Å². The maximum atomic E-state index is 12.2. The predicted octanol–water partition coefficient (Wildman–Crippen LogP) is 4.81. The summed E-state index contributed by atoms with van der Waals surface area (Å²) in [6, 6.07) is 26.2. The van der Waals surface area contributed by atoms with Crippen molar-refractivity contribution in [1.82, 2.24) is 0 Å². The molecule has 27 heavy (non-hydrogen) atoms. The zero-order chi connectivity index (χ0) is 18.9. The third-order valence-corrected chi connectivity index (χ3v) is 4.81. The molecule has 2 amide bonds. The topological polar surface area (TPSA) is 58.2 Å². The predicted molar refractivity (Wildman–Crippen MR) is 112 cm³/mol. The summed E-state index contributed by atoms with van der Waals surface area (Å²) in [5.74, 6) is 0.938. The van der Waals surface area contributed by atoms with Gasteiger partial charge in [0.05, 0.1) is 5.75 Å². The monoisotopic (exact) mass is 376 g/mol. The number of carbonyl (C=O) groups excluding carboxylic acids is 2. The number of benzene rings is 3. The fourth-order valence-corrected chi connectivity index (χ4v) is 3.25. The number of thioether (sulfide) groups is 1. The standard InChI is InChI=1S/C22H20N2O2S/c25-21(16-27-15-17-7-3-1-4-8-17)23-20-13-11-18(12-14-20)22(26)24-19-9-5-2-6-10-19/h1-14H,15-16H2,(H,23,25)(H,24,26). The van der Waals surface area contributed by atoms with Gasteiger partial charge in [-0.05, 0) is 42.0 Å². The smallest absolute Gasteiger partial charge is 0.255 e. The number of carbonyl (C=O) groups is 2. The van der Waals surface area contributed by atoms with Crippen LogP contribution in [-0.2, 0) is 10.5 Å². The lowest BCUT2D eigenvalue weighted by Gasteiger charge is -2.08. The van der Waals surface area contributed by atoms with Gasteiger partial charge in [0.15, 0.2) is 0 Å². The summed E-state index contributed by atoms with van der Waals surface area (Å²) < 4.78 is 0. The van der Waals surface area contributed by atoms with Crippen molar-refractivity contribution in [2.24, 2.45) is 0 Å². The zero-order valence-corrected chi connectivity index (χ0v) is 15.5. The fraction of sp³-hybridized carbons (Fsp3) is 0.0909. The number of amides is 2. The summed E-state index contributed by atoms with van der Waals surface area (Å²) in [4.78, 5) is 24.3. The summed E-state index contributed by atoms with van der Waals surface area (Å²) in [6.07, 6.45) is 0. The second kappa shape index (κ2) is 9.59. The molecule has 0 aromatic heterocycles. The first-order valence-electron chi connectivity index (χ1n) is 8.59. The highest BCUT2D eigenvalue weighted by Gasteiger charge is 2.07. The molecule has 3 rings (SSSR count). The van der Waals surface area contributed by atoms with E-state index in [1.165, 1.54) is 5.56 Å². The zero-order valence-electron chi connectivity index (χ0n) is 14.7. The number of hydrogen-bond acceptors (Lipinski definition) is 3. The third-order valence-electron chi connectivity index (χ3n) is 3.81. The van der Waals surface area contributed by atoms with Crippen LogP contribution in [0.15, 0.2) is 84.9 Å². The number of hydrogen-bond donors (Lipinski definition) is 2. The molecule has 3 aromatic rings. The van der Waals surface area contributed by atoms with Crippen molar-refractivity contribution >= 4 is 35.0 Å². The van der Waals surface area contributed by atoms with Gasteiger partial charge in [0.25, 0.3) is 5.91 Å². The van der Waals surface area contributed by atoms with Crippen LogP contribution in [0.3, 0.4) is 0 Å². The van der Waals surface area contributed by atoms with E-state index in [1.807, 2.05) is 60.7 Å². The van der Waals surface area contributed by atoms with Gasteiger partial charge in [-0.3, -0.25) is 9.59 Å². The molecule has 4 nitrogen and oxygen atoms in total. The second-order valence-electron chi connectivity index (χ2n) is 5.92. The molecule has 3 aromatic carbocycles. The summed E-state index contributed by atoms with van der Waals surface area (Å²) >= 11 is 1.57. The van der Waals surface area contributed by atoms with Crippen molar-refractivity contribution in [2.75, 3.05) is 16.4 Å². The Morgan fingerprint density at radius 1 is 0.704 bits per heavy atom. The van der Waals surface area contributed by atoms with E-state index < -0.39 is 0 Å². The van der Waals surface area contributed by atoms with Gasteiger partial charge in [-0.25, -0.2) is 0 Å². The SMILES string of the molecule is O=C(CSCc1ccccc1)Nc1ccc(C(=O)Nc2ccccc2)cc1.